The Balaban J connectivity index is 1.88. The lowest BCUT2D eigenvalue weighted by molar-refractivity contribution is 0.101. The highest BCUT2D eigenvalue weighted by Crippen LogP contribution is 2.12. The molecule has 0 saturated carbocycles. The molecule has 0 unspecified atom stereocenters. The fourth-order valence-corrected chi connectivity index (χ4v) is 2.24. The number of ketones is 1. The highest BCUT2D eigenvalue weighted by molar-refractivity contribution is 6.04. The van der Waals surface area contributed by atoms with E-state index in [0.29, 0.717) is 16.8 Å². The Morgan fingerprint density at radius 2 is 1.72 bits per heavy atom. The molecule has 1 heterocycles. The molecule has 0 bridgehead atoms. The van der Waals surface area contributed by atoms with Gasteiger partial charge in [-0.2, -0.15) is 0 Å². The molecular weight excluding hydrogens is 316 g/mol. The van der Waals surface area contributed by atoms with E-state index in [1.165, 1.54) is 6.92 Å². The number of nitrogens with zero attached hydrogens (tertiary/aromatic N) is 2. The summed E-state index contributed by atoms with van der Waals surface area (Å²) >= 11 is 0. The monoisotopic (exact) mass is 340 g/mol. The minimum Gasteiger partial charge on any atom is -0.370 e. The van der Waals surface area contributed by atoms with Crippen molar-refractivity contribution < 1.29 is 9.59 Å². The first-order valence-corrected chi connectivity index (χ1v) is 8.22. The highest BCUT2D eigenvalue weighted by atomic mass is 16.1. The number of hydrogen-bond acceptors (Lipinski definition) is 5. The third-order valence-corrected chi connectivity index (χ3v) is 3.66. The van der Waals surface area contributed by atoms with E-state index in [1.54, 1.807) is 42.6 Å². The lowest BCUT2D eigenvalue weighted by Crippen LogP contribution is -2.17. The largest absolute Gasteiger partial charge is 0.370 e. The second kappa shape index (κ2) is 8.94. The number of Topliss-reactive ketones (excluding diaryl/α,β-unsaturated/α-hetero) is 1. The maximum Gasteiger partial charge on any atom is 0.257 e. The van der Waals surface area contributed by atoms with Crippen LogP contribution in [0.2, 0.25) is 0 Å². The van der Waals surface area contributed by atoms with Crippen molar-refractivity contribution in [1.29, 1.82) is 0 Å². The Kier molecular flexibility index (Phi) is 6.65. The Labute approximate surface area is 148 Å². The van der Waals surface area contributed by atoms with Gasteiger partial charge < -0.3 is 15.5 Å². The second-order valence-electron chi connectivity index (χ2n) is 6.10. The van der Waals surface area contributed by atoms with Gasteiger partial charge in [0.2, 0.25) is 0 Å². The molecule has 0 atom stereocenters. The molecule has 0 radical (unpaired) electrons. The zero-order valence-electron chi connectivity index (χ0n) is 14.9. The first-order chi connectivity index (χ1) is 12.0. The van der Waals surface area contributed by atoms with Crippen molar-refractivity contribution in [3.05, 3.63) is 53.7 Å². The van der Waals surface area contributed by atoms with E-state index < -0.39 is 0 Å². The van der Waals surface area contributed by atoms with Crippen LogP contribution < -0.4 is 10.6 Å². The van der Waals surface area contributed by atoms with Crippen molar-refractivity contribution in [3.63, 3.8) is 0 Å². The van der Waals surface area contributed by atoms with E-state index in [2.05, 4.69) is 20.5 Å². The first-order valence-electron chi connectivity index (χ1n) is 8.22. The van der Waals surface area contributed by atoms with Crippen LogP contribution in [-0.4, -0.2) is 48.8 Å². The Morgan fingerprint density at radius 3 is 2.28 bits per heavy atom. The van der Waals surface area contributed by atoms with Crippen molar-refractivity contribution in [1.82, 2.24) is 9.88 Å². The molecule has 0 fully saturated rings. The van der Waals surface area contributed by atoms with Gasteiger partial charge in [-0.25, -0.2) is 4.98 Å². The molecule has 0 aliphatic carbocycles. The van der Waals surface area contributed by atoms with Crippen molar-refractivity contribution in [3.8, 4) is 0 Å². The summed E-state index contributed by atoms with van der Waals surface area (Å²) in [6.45, 7) is 3.35. The predicted molar refractivity (Wildman–Crippen MR) is 100 cm³/mol. The quantitative estimate of drug-likeness (QED) is 0.571. The van der Waals surface area contributed by atoms with E-state index in [1.807, 2.05) is 14.1 Å². The number of amides is 1. The van der Waals surface area contributed by atoms with Crippen LogP contribution in [0.25, 0.3) is 0 Å². The molecule has 1 amide bonds. The van der Waals surface area contributed by atoms with Gasteiger partial charge in [0.25, 0.3) is 5.91 Å². The molecule has 0 spiro atoms. The number of nitrogens with one attached hydrogen (secondary N) is 2. The molecular formula is C19H24N4O2. The van der Waals surface area contributed by atoms with E-state index in [9.17, 15) is 9.59 Å². The lowest BCUT2D eigenvalue weighted by Gasteiger charge is -2.10. The summed E-state index contributed by atoms with van der Waals surface area (Å²) in [7, 11) is 4.08. The van der Waals surface area contributed by atoms with Crippen LogP contribution in [0.15, 0.2) is 42.6 Å². The van der Waals surface area contributed by atoms with Gasteiger partial charge >= 0.3 is 0 Å². The number of benzene rings is 1. The van der Waals surface area contributed by atoms with E-state index >= 15 is 0 Å². The standard InChI is InChI=1S/C19H24N4O2/c1-14(24)15-5-8-17(9-6-15)22-19(25)16-7-10-18(21-13-16)20-11-4-12-23(2)3/h5-10,13H,4,11-12H2,1-3H3,(H,20,21)(H,22,25). The SMILES string of the molecule is CC(=O)c1ccc(NC(=O)c2ccc(NCCCN(C)C)nc2)cc1. The topological polar surface area (TPSA) is 74.3 Å². The summed E-state index contributed by atoms with van der Waals surface area (Å²) in [5.74, 6) is 0.513. The Morgan fingerprint density at radius 1 is 1.04 bits per heavy atom. The fourth-order valence-electron chi connectivity index (χ4n) is 2.24. The van der Waals surface area contributed by atoms with Gasteiger partial charge in [-0.15, -0.1) is 0 Å². The number of carbonyl (C=O) groups excluding carboxylic acids is 2. The summed E-state index contributed by atoms with van der Waals surface area (Å²) in [5, 5.41) is 6.02. The van der Waals surface area contributed by atoms with Gasteiger partial charge in [0.15, 0.2) is 5.78 Å². The first kappa shape index (κ1) is 18.6. The van der Waals surface area contributed by atoms with Crippen LogP contribution in [-0.2, 0) is 0 Å². The highest BCUT2D eigenvalue weighted by Gasteiger charge is 2.07. The van der Waals surface area contributed by atoms with Gasteiger partial charge in [-0.3, -0.25) is 9.59 Å². The molecule has 2 aromatic rings. The van der Waals surface area contributed by atoms with Crippen molar-refractivity contribution in [2.75, 3.05) is 37.8 Å². The number of carbonyl (C=O) groups is 2. The summed E-state index contributed by atoms with van der Waals surface area (Å²) in [5.41, 5.74) is 1.74. The molecule has 1 aromatic carbocycles. The zero-order valence-corrected chi connectivity index (χ0v) is 14.9. The van der Waals surface area contributed by atoms with Crippen LogP contribution in [0.3, 0.4) is 0 Å². The van der Waals surface area contributed by atoms with E-state index in [-0.39, 0.29) is 11.7 Å². The Hall–Kier alpha value is -2.73. The van der Waals surface area contributed by atoms with E-state index in [0.717, 1.165) is 25.3 Å². The molecule has 0 aliphatic heterocycles. The number of pyridine rings is 1. The van der Waals surface area contributed by atoms with Gasteiger partial charge in [-0.05, 0) is 70.4 Å². The number of anilines is 2. The smallest absolute Gasteiger partial charge is 0.257 e. The van der Waals surface area contributed by atoms with Crippen LogP contribution in [0, 0.1) is 0 Å². The van der Waals surface area contributed by atoms with Crippen molar-refractivity contribution in [2.24, 2.45) is 0 Å². The molecule has 25 heavy (non-hydrogen) atoms. The average Bonchev–Trinajstić information content (AvgIpc) is 2.59. The van der Waals surface area contributed by atoms with Gasteiger partial charge in [0.1, 0.15) is 5.82 Å². The Bertz CT molecular complexity index is 709. The van der Waals surface area contributed by atoms with Crippen LogP contribution in [0.4, 0.5) is 11.5 Å². The van der Waals surface area contributed by atoms with Crippen LogP contribution in [0.5, 0.6) is 0 Å². The van der Waals surface area contributed by atoms with Crippen LogP contribution >= 0.6 is 0 Å². The normalized spacial score (nSPS) is 10.6. The van der Waals surface area contributed by atoms with Gasteiger partial charge in [-0.1, -0.05) is 0 Å². The third-order valence-electron chi connectivity index (χ3n) is 3.66. The van der Waals surface area contributed by atoms with E-state index in [4.69, 9.17) is 0 Å². The maximum absolute atomic E-state index is 12.2. The lowest BCUT2D eigenvalue weighted by atomic mass is 10.1. The van der Waals surface area contributed by atoms with Gasteiger partial charge in [0.05, 0.1) is 5.56 Å². The number of aromatic nitrogens is 1. The molecule has 132 valence electrons. The summed E-state index contributed by atoms with van der Waals surface area (Å²) < 4.78 is 0. The minimum atomic E-state index is -0.234. The van der Waals surface area contributed by atoms with Crippen molar-refractivity contribution in [2.45, 2.75) is 13.3 Å². The second-order valence-corrected chi connectivity index (χ2v) is 6.10. The third kappa shape index (κ3) is 6.00. The number of rotatable bonds is 8. The predicted octanol–water partition coefficient (Wildman–Crippen LogP) is 2.90. The van der Waals surface area contributed by atoms with Crippen molar-refractivity contribution >= 4 is 23.2 Å². The minimum absolute atomic E-state index is 0.00394. The molecule has 1 aromatic heterocycles. The maximum atomic E-state index is 12.2. The average molecular weight is 340 g/mol. The molecule has 0 aliphatic rings. The summed E-state index contributed by atoms with van der Waals surface area (Å²) in [4.78, 5) is 29.9. The zero-order chi connectivity index (χ0) is 18.2. The summed E-state index contributed by atoms with van der Waals surface area (Å²) in [6, 6.07) is 10.3. The molecule has 0 saturated heterocycles. The van der Waals surface area contributed by atoms with Gasteiger partial charge in [0, 0.05) is 24.0 Å². The molecule has 2 N–H and O–H groups in total. The van der Waals surface area contributed by atoms with Crippen LogP contribution in [0.1, 0.15) is 34.1 Å². The fraction of sp³-hybridized carbons (Fsp3) is 0.316. The molecule has 6 heteroatoms. The molecule has 2 rings (SSSR count). The number of hydrogen-bond donors (Lipinski definition) is 2. The summed E-state index contributed by atoms with van der Waals surface area (Å²) in [6.07, 6.45) is 2.57. The molecule has 6 nitrogen and oxygen atoms in total.